The fourth-order valence-corrected chi connectivity index (χ4v) is 2.44. The lowest BCUT2D eigenvalue weighted by atomic mass is 10.1. The Morgan fingerprint density at radius 2 is 2.29 bits per heavy atom. The molecule has 94 valence electrons. The van der Waals surface area contributed by atoms with Crippen LogP contribution in [0.3, 0.4) is 0 Å². The zero-order valence-corrected chi connectivity index (χ0v) is 10.8. The van der Waals surface area contributed by atoms with Gasteiger partial charge in [-0.2, -0.15) is 0 Å². The summed E-state index contributed by atoms with van der Waals surface area (Å²) in [7, 11) is 2.04. The first kappa shape index (κ1) is 12.7. The highest BCUT2D eigenvalue weighted by Gasteiger charge is 2.18. The van der Waals surface area contributed by atoms with E-state index in [0.717, 1.165) is 48.9 Å². The topological polar surface area (TPSA) is 32.7 Å². The number of rotatable bonds is 5. The maximum atomic E-state index is 8.81. The summed E-state index contributed by atoms with van der Waals surface area (Å²) in [5, 5.41) is 9.59. The van der Waals surface area contributed by atoms with E-state index in [1.165, 1.54) is 5.56 Å². The van der Waals surface area contributed by atoms with Gasteiger partial charge in [-0.05, 0) is 31.2 Å². The summed E-state index contributed by atoms with van der Waals surface area (Å²) in [6.07, 6.45) is 1.74. The highest BCUT2D eigenvalue weighted by molar-refractivity contribution is 6.30. The number of halogens is 1. The fraction of sp³-hybridized carbons (Fsp3) is 0.538. The summed E-state index contributed by atoms with van der Waals surface area (Å²) < 4.78 is 5.66. The van der Waals surface area contributed by atoms with E-state index < -0.39 is 0 Å². The molecule has 0 unspecified atom stereocenters. The molecule has 0 saturated carbocycles. The Hall–Kier alpha value is -0.770. The van der Waals surface area contributed by atoms with E-state index >= 15 is 0 Å². The lowest BCUT2D eigenvalue weighted by Crippen LogP contribution is -2.20. The first-order chi connectivity index (χ1) is 8.20. The molecule has 0 atom stereocenters. The van der Waals surface area contributed by atoms with Gasteiger partial charge in [-0.1, -0.05) is 11.6 Å². The van der Waals surface area contributed by atoms with Crippen LogP contribution in [0.15, 0.2) is 12.1 Å². The number of hydrogen-bond acceptors (Lipinski definition) is 3. The van der Waals surface area contributed by atoms with E-state index in [1.807, 2.05) is 19.2 Å². The predicted molar refractivity (Wildman–Crippen MR) is 68.7 cm³/mol. The van der Waals surface area contributed by atoms with Crippen LogP contribution in [0, 0.1) is 0 Å². The number of benzene rings is 1. The maximum Gasteiger partial charge on any atom is 0.127 e. The van der Waals surface area contributed by atoms with Crippen LogP contribution >= 0.6 is 11.6 Å². The van der Waals surface area contributed by atoms with Gasteiger partial charge < -0.3 is 14.7 Å². The van der Waals surface area contributed by atoms with Crippen LogP contribution in [0.2, 0.25) is 5.02 Å². The molecule has 0 fully saturated rings. The van der Waals surface area contributed by atoms with E-state index in [2.05, 4.69) is 4.90 Å². The molecule has 1 aliphatic rings. The minimum atomic E-state index is 0.231. The molecular formula is C13H18ClNO2. The molecule has 17 heavy (non-hydrogen) atoms. The Morgan fingerprint density at radius 3 is 3.06 bits per heavy atom. The van der Waals surface area contributed by atoms with Crippen molar-refractivity contribution in [3.63, 3.8) is 0 Å². The lowest BCUT2D eigenvalue weighted by molar-refractivity contribution is 0.242. The number of ether oxygens (including phenoxy) is 1. The minimum Gasteiger partial charge on any atom is -0.493 e. The zero-order valence-electron chi connectivity index (χ0n) is 10.1. The fourth-order valence-electron chi connectivity index (χ4n) is 2.17. The number of aliphatic hydroxyl groups excluding tert-OH is 1. The van der Waals surface area contributed by atoms with Crippen molar-refractivity contribution in [1.29, 1.82) is 0 Å². The molecule has 1 N–H and O–H groups in total. The second-order valence-corrected chi connectivity index (χ2v) is 4.90. The van der Waals surface area contributed by atoms with Crippen LogP contribution in [0.5, 0.6) is 5.75 Å². The van der Waals surface area contributed by atoms with Crippen molar-refractivity contribution in [3.8, 4) is 5.75 Å². The van der Waals surface area contributed by atoms with Crippen LogP contribution in [-0.4, -0.2) is 36.8 Å². The Labute approximate surface area is 107 Å². The van der Waals surface area contributed by atoms with Gasteiger partial charge in [0.05, 0.1) is 6.61 Å². The molecule has 4 heteroatoms. The second-order valence-electron chi connectivity index (χ2n) is 4.47. The second kappa shape index (κ2) is 5.71. The minimum absolute atomic E-state index is 0.231. The molecule has 1 aliphatic heterocycles. The molecular weight excluding hydrogens is 238 g/mol. The van der Waals surface area contributed by atoms with E-state index in [1.54, 1.807) is 0 Å². The van der Waals surface area contributed by atoms with Crippen molar-refractivity contribution in [3.05, 3.63) is 28.3 Å². The van der Waals surface area contributed by atoms with Crippen LogP contribution in [0.1, 0.15) is 17.5 Å². The molecule has 3 nitrogen and oxygen atoms in total. The Balaban J connectivity index is 2.10. The van der Waals surface area contributed by atoms with Crippen LogP contribution < -0.4 is 4.74 Å². The lowest BCUT2D eigenvalue weighted by Gasteiger charge is -2.18. The highest BCUT2D eigenvalue weighted by Crippen LogP contribution is 2.33. The predicted octanol–water partition coefficient (Wildman–Crippen LogP) is 2.09. The number of nitrogens with zero attached hydrogens (tertiary/aromatic N) is 1. The molecule has 0 saturated heterocycles. The number of fused-ring (bicyclic) bond motifs is 1. The molecule has 0 aliphatic carbocycles. The molecule has 0 aromatic heterocycles. The molecule has 0 spiro atoms. The SMILES string of the molecule is CN(CCCO)Cc1cc(Cl)cc2c1OCC2. The van der Waals surface area contributed by atoms with Crippen molar-refractivity contribution in [2.75, 3.05) is 26.8 Å². The zero-order chi connectivity index (χ0) is 12.3. The standard InChI is InChI=1S/C13H18ClNO2/c1-15(4-2-5-16)9-11-8-12(14)7-10-3-6-17-13(10)11/h7-8,16H,2-6,9H2,1H3. The average Bonchev–Trinajstić information content (AvgIpc) is 2.74. The summed E-state index contributed by atoms with van der Waals surface area (Å²) >= 11 is 6.10. The van der Waals surface area contributed by atoms with E-state index in [9.17, 15) is 0 Å². The third kappa shape index (κ3) is 3.12. The molecule has 0 radical (unpaired) electrons. The molecule has 1 aromatic rings. The van der Waals surface area contributed by atoms with E-state index in [-0.39, 0.29) is 6.61 Å². The summed E-state index contributed by atoms with van der Waals surface area (Å²) in [6.45, 7) is 2.66. The first-order valence-corrected chi connectivity index (χ1v) is 6.32. The maximum absolute atomic E-state index is 8.81. The Kier molecular flexibility index (Phi) is 4.26. The number of aliphatic hydroxyl groups is 1. The van der Waals surface area contributed by atoms with Gasteiger partial charge in [-0.3, -0.25) is 0 Å². The van der Waals surface area contributed by atoms with Gasteiger partial charge in [0.15, 0.2) is 0 Å². The van der Waals surface area contributed by atoms with Crippen LogP contribution in [0.4, 0.5) is 0 Å². The average molecular weight is 256 g/mol. The van der Waals surface area contributed by atoms with Gasteiger partial charge >= 0.3 is 0 Å². The normalized spacial score (nSPS) is 13.9. The molecule has 0 bridgehead atoms. The van der Waals surface area contributed by atoms with Gasteiger partial charge in [0, 0.05) is 36.7 Å². The monoisotopic (exact) mass is 255 g/mol. The van der Waals surface area contributed by atoms with Gasteiger partial charge in [0.25, 0.3) is 0 Å². The van der Waals surface area contributed by atoms with Crippen molar-refractivity contribution in [2.45, 2.75) is 19.4 Å². The summed E-state index contributed by atoms with van der Waals surface area (Å²) in [6, 6.07) is 3.96. The van der Waals surface area contributed by atoms with Crippen molar-refractivity contribution < 1.29 is 9.84 Å². The van der Waals surface area contributed by atoms with Gasteiger partial charge in [-0.25, -0.2) is 0 Å². The van der Waals surface area contributed by atoms with Crippen LogP contribution in [0.25, 0.3) is 0 Å². The van der Waals surface area contributed by atoms with Gasteiger partial charge in [0.1, 0.15) is 5.75 Å². The van der Waals surface area contributed by atoms with Gasteiger partial charge in [-0.15, -0.1) is 0 Å². The third-order valence-electron chi connectivity index (χ3n) is 2.96. The van der Waals surface area contributed by atoms with Crippen molar-refractivity contribution in [1.82, 2.24) is 4.90 Å². The summed E-state index contributed by atoms with van der Waals surface area (Å²) in [5.41, 5.74) is 2.36. The van der Waals surface area contributed by atoms with E-state index in [4.69, 9.17) is 21.4 Å². The van der Waals surface area contributed by atoms with E-state index in [0.29, 0.717) is 0 Å². The molecule has 2 rings (SSSR count). The smallest absolute Gasteiger partial charge is 0.127 e. The largest absolute Gasteiger partial charge is 0.493 e. The molecule has 0 amide bonds. The van der Waals surface area contributed by atoms with Crippen molar-refractivity contribution in [2.24, 2.45) is 0 Å². The number of hydrogen-bond donors (Lipinski definition) is 1. The van der Waals surface area contributed by atoms with Crippen molar-refractivity contribution >= 4 is 11.6 Å². The molecule has 1 aromatic carbocycles. The third-order valence-corrected chi connectivity index (χ3v) is 3.18. The Morgan fingerprint density at radius 1 is 1.47 bits per heavy atom. The summed E-state index contributed by atoms with van der Waals surface area (Å²) in [4.78, 5) is 2.17. The summed E-state index contributed by atoms with van der Waals surface area (Å²) in [5.74, 6) is 1.00. The van der Waals surface area contributed by atoms with Crippen LogP contribution in [-0.2, 0) is 13.0 Å². The molecule has 1 heterocycles. The quantitative estimate of drug-likeness (QED) is 0.875. The Bertz CT molecular complexity index is 395. The highest BCUT2D eigenvalue weighted by atomic mass is 35.5. The first-order valence-electron chi connectivity index (χ1n) is 5.94. The van der Waals surface area contributed by atoms with Gasteiger partial charge in [0.2, 0.25) is 0 Å².